The molecule has 1 saturated heterocycles. The maximum absolute atomic E-state index is 3.53. The summed E-state index contributed by atoms with van der Waals surface area (Å²) in [6.45, 7) is 7.18. The van der Waals surface area contributed by atoms with Crippen LogP contribution in [0.5, 0.6) is 0 Å². The highest BCUT2D eigenvalue weighted by molar-refractivity contribution is 7.98. The lowest BCUT2D eigenvalue weighted by molar-refractivity contribution is 0.207. The van der Waals surface area contributed by atoms with Crippen LogP contribution in [0.2, 0.25) is 0 Å². The van der Waals surface area contributed by atoms with Crippen molar-refractivity contribution in [1.82, 2.24) is 10.2 Å². The Balaban J connectivity index is 2.16. The van der Waals surface area contributed by atoms with Crippen molar-refractivity contribution in [3.05, 3.63) is 0 Å². The second-order valence-electron chi connectivity index (χ2n) is 3.35. The highest BCUT2D eigenvalue weighted by atomic mass is 32.2. The summed E-state index contributed by atoms with van der Waals surface area (Å²) in [7, 11) is 0. The fourth-order valence-electron chi connectivity index (χ4n) is 1.59. The first-order valence-corrected chi connectivity index (χ1v) is 6.21. The van der Waals surface area contributed by atoms with Crippen LogP contribution in [-0.4, -0.2) is 49.1 Å². The summed E-state index contributed by atoms with van der Waals surface area (Å²) in [6, 6.07) is 0.737. The van der Waals surface area contributed by atoms with Gasteiger partial charge in [-0.2, -0.15) is 11.8 Å². The van der Waals surface area contributed by atoms with Gasteiger partial charge >= 0.3 is 0 Å². The summed E-state index contributed by atoms with van der Waals surface area (Å²) in [5, 5.41) is 3.53. The molecule has 1 atom stereocenters. The normalized spacial score (nSPS) is 26.0. The second-order valence-corrected chi connectivity index (χ2v) is 4.34. The van der Waals surface area contributed by atoms with Crippen LogP contribution in [-0.2, 0) is 0 Å². The summed E-state index contributed by atoms with van der Waals surface area (Å²) >= 11 is 1.94. The van der Waals surface area contributed by atoms with Crippen LogP contribution in [0.1, 0.15) is 13.3 Å². The number of nitrogens with zero attached hydrogens (tertiary/aromatic N) is 1. The Labute approximate surface area is 80.1 Å². The summed E-state index contributed by atoms with van der Waals surface area (Å²) in [4.78, 5) is 2.57. The molecule has 0 amide bonds. The van der Waals surface area contributed by atoms with Gasteiger partial charge in [0.25, 0.3) is 0 Å². The van der Waals surface area contributed by atoms with Crippen LogP contribution >= 0.6 is 11.8 Å². The summed E-state index contributed by atoms with van der Waals surface area (Å²) in [5.74, 6) is 1.27. The minimum atomic E-state index is 0.737. The topological polar surface area (TPSA) is 15.3 Å². The summed E-state index contributed by atoms with van der Waals surface area (Å²) in [5.41, 5.74) is 0. The van der Waals surface area contributed by atoms with E-state index >= 15 is 0 Å². The molecule has 0 aromatic heterocycles. The van der Waals surface area contributed by atoms with E-state index in [1.807, 2.05) is 11.8 Å². The number of piperazine rings is 1. The van der Waals surface area contributed by atoms with Crippen LogP contribution in [0.3, 0.4) is 0 Å². The third-order valence-electron chi connectivity index (χ3n) is 2.44. The molecule has 1 aliphatic heterocycles. The van der Waals surface area contributed by atoms with Crippen LogP contribution in [0, 0.1) is 0 Å². The van der Waals surface area contributed by atoms with E-state index in [0.29, 0.717) is 0 Å². The second kappa shape index (κ2) is 5.84. The van der Waals surface area contributed by atoms with Gasteiger partial charge in [-0.25, -0.2) is 0 Å². The number of thioether (sulfide) groups is 1. The van der Waals surface area contributed by atoms with E-state index in [0.717, 1.165) is 6.04 Å². The molecular weight excluding hydrogens is 168 g/mol. The van der Waals surface area contributed by atoms with Crippen molar-refractivity contribution in [3.8, 4) is 0 Å². The molecule has 3 heteroatoms. The van der Waals surface area contributed by atoms with Gasteiger partial charge in [0.2, 0.25) is 0 Å². The maximum atomic E-state index is 3.53. The molecule has 72 valence electrons. The van der Waals surface area contributed by atoms with Crippen LogP contribution in [0.25, 0.3) is 0 Å². The van der Waals surface area contributed by atoms with E-state index in [-0.39, 0.29) is 0 Å². The zero-order valence-corrected chi connectivity index (χ0v) is 8.99. The molecule has 0 saturated carbocycles. The van der Waals surface area contributed by atoms with Gasteiger partial charge in [-0.05, 0) is 12.7 Å². The molecule has 1 heterocycles. The third-order valence-corrected chi connectivity index (χ3v) is 3.03. The zero-order chi connectivity index (χ0) is 8.81. The minimum Gasteiger partial charge on any atom is -0.311 e. The number of nitrogens with one attached hydrogen (secondary N) is 1. The predicted molar refractivity (Wildman–Crippen MR) is 56.9 cm³/mol. The van der Waals surface area contributed by atoms with Crippen molar-refractivity contribution < 1.29 is 0 Å². The Hall–Kier alpha value is 0.270. The van der Waals surface area contributed by atoms with Gasteiger partial charge < -0.3 is 5.32 Å². The molecule has 1 aliphatic rings. The molecule has 0 aromatic rings. The molecule has 12 heavy (non-hydrogen) atoms. The Bertz CT molecular complexity index is 119. The predicted octanol–water partition coefficient (Wildman–Crippen LogP) is 1.03. The van der Waals surface area contributed by atoms with Crippen molar-refractivity contribution in [3.63, 3.8) is 0 Å². The molecule has 0 spiro atoms. The Morgan fingerprint density at radius 3 is 3.08 bits per heavy atom. The van der Waals surface area contributed by atoms with E-state index in [4.69, 9.17) is 0 Å². The largest absolute Gasteiger partial charge is 0.311 e. The molecule has 0 aromatic carbocycles. The van der Waals surface area contributed by atoms with Gasteiger partial charge in [0.05, 0.1) is 0 Å². The molecule has 0 bridgehead atoms. The highest BCUT2D eigenvalue weighted by Gasteiger charge is 2.16. The summed E-state index contributed by atoms with van der Waals surface area (Å²) in [6.07, 6.45) is 3.44. The monoisotopic (exact) mass is 188 g/mol. The molecular formula is C9H20N2S. The van der Waals surface area contributed by atoms with Gasteiger partial charge in [-0.1, -0.05) is 6.92 Å². The van der Waals surface area contributed by atoms with Crippen LogP contribution < -0.4 is 5.32 Å². The molecule has 1 unspecified atom stereocenters. The van der Waals surface area contributed by atoms with E-state index in [1.54, 1.807) is 0 Å². The fourth-order valence-corrected chi connectivity index (χ4v) is 2.03. The third kappa shape index (κ3) is 3.33. The Morgan fingerprint density at radius 1 is 1.58 bits per heavy atom. The van der Waals surface area contributed by atoms with Crippen molar-refractivity contribution in [2.75, 3.05) is 38.2 Å². The summed E-state index contributed by atoms with van der Waals surface area (Å²) < 4.78 is 0. The first-order valence-electron chi connectivity index (χ1n) is 4.81. The Morgan fingerprint density at radius 2 is 2.42 bits per heavy atom. The molecule has 0 aliphatic carbocycles. The van der Waals surface area contributed by atoms with E-state index in [1.165, 1.54) is 38.4 Å². The molecule has 1 N–H and O–H groups in total. The van der Waals surface area contributed by atoms with Gasteiger partial charge in [0.15, 0.2) is 0 Å². The number of hydrogen-bond donors (Lipinski definition) is 1. The van der Waals surface area contributed by atoms with Gasteiger partial charge in [0.1, 0.15) is 0 Å². The standard InChI is InChI=1S/C9H20N2S/c1-3-9-8-11(5-4-10-9)6-7-12-2/h9-10H,3-8H2,1-2H3. The number of rotatable bonds is 4. The smallest absolute Gasteiger partial charge is 0.0192 e. The maximum Gasteiger partial charge on any atom is 0.0192 e. The lowest BCUT2D eigenvalue weighted by Crippen LogP contribution is -2.50. The van der Waals surface area contributed by atoms with Crippen molar-refractivity contribution in [1.29, 1.82) is 0 Å². The van der Waals surface area contributed by atoms with Crippen LogP contribution in [0.15, 0.2) is 0 Å². The van der Waals surface area contributed by atoms with Crippen molar-refractivity contribution in [2.45, 2.75) is 19.4 Å². The van der Waals surface area contributed by atoms with Gasteiger partial charge in [0, 0.05) is 38.0 Å². The zero-order valence-electron chi connectivity index (χ0n) is 8.18. The fraction of sp³-hybridized carbons (Fsp3) is 1.00. The average Bonchev–Trinajstić information content (AvgIpc) is 2.15. The average molecular weight is 188 g/mol. The lowest BCUT2D eigenvalue weighted by Gasteiger charge is -2.32. The first-order chi connectivity index (χ1) is 5.86. The molecule has 0 radical (unpaired) electrons. The molecule has 1 rings (SSSR count). The minimum absolute atomic E-state index is 0.737. The van der Waals surface area contributed by atoms with E-state index in [2.05, 4.69) is 23.4 Å². The van der Waals surface area contributed by atoms with Crippen molar-refractivity contribution in [2.24, 2.45) is 0 Å². The lowest BCUT2D eigenvalue weighted by atomic mass is 10.1. The van der Waals surface area contributed by atoms with E-state index < -0.39 is 0 Å². The van der Waals surface area contributed by atoms with Crippen molar-refractivity contribution >= 4 is 11.8 Å². The van der Waals surface area contributed by atoms with E-state index in [9.17, 15) is 0 Å². The number of hydrogen-bond acceptors (Lipinski definition) is 3. The SMILES string of the molecule is CCC1CN(CCSC)CCN1. The quantitative estimate of drug-likeness (QED) is 0.709. The van der Waals surface area contributed by atoms with Crippen LogP contribution in [0.4, 0.5) is 0 Å². The van der Waals surface area contributed by atoms with Gasteiger partial charge in [-0.3, -0.25) is 4.90 Å². The highest BCUT2D eigenvalue weighted by Crippen LogP contribution is 2.03. The molecule has 2 nitrogen and oxygen atoms in total. The first kappa shape index (κ1) is 10.4. The molecule has 1 fully saturated rings. The van der Waals surface area contributed by atoms with Gasteiger partial charge in [-0.15, -0.1) is 0 Å². The Kier molecular flexibility index (Phi) is 5.04.